The fraction of sp³-hybridized carbons (Fsp3) is 0.905. The summed E-state index contributed by atoms with van der Waals surface area (Å²) >= 11 is 12.9. The van der Waals surface area contributed by atoms with Gasteiger partial charge in [0.1, 0.15) is 17.4 Å². The molecule has 2 saturated carbocycles. The van der Waals surface area contributed by atoms with Crippen LogP contribution in [0.1, 0.15) is 72.1 Å². The maximum absolute atomic E-state index is 12.5. The van der Waals surface area contributed by atoms with Crippen molar-refractivity contribution >= 4 is 29.3 Å². The highest BCUT2D eigenvalue weighted by Crippen LogP contribution is 2.57. The number of hydrogen-bond acceptors (Lipinski definition) is 3. The molecule has 3 aliphatic rings. The summed E-state index contributed by atoms with van der Waals surface area (Å²) in [7, 11) is 0. The second kappa shape index (κ2) is 8.20. The van der Waals surface area contributed by atoms with Crippen LogP contribution in [-0.4, -0.2) is 51.6 Å². The molecule has 154 valence electrons. The predicted octanol–water partition coefficient (Wildman–Crippen LogP) is 5.14. The number of carbonyl (C=O) groups excluding carboxylic acids is 1. The van der Waals surface area contributed by atoms with E-state index >= 15 is 0 Å². The molecule has 0 radical (unpaired) electrons. The standard InChI is InChI=1S/C21H34Cl2NO3/c1-20(2,3)27-19(26)24-11-8-15(13-24)21(9-6-16(25)7-10-21)14-4-5-17(22)18(23)12-14/h15-18,25H,4-13H2,1-3H3/q+1/t15-,16?,17?,18?,21?/m0/s1. The maximum atomic E-state index is 12.5. The molecule has 1 aliphatic heterocycles. The largest absolute Gasteiger partial charge is 0.444 e. The Morgan fingerprint density at radius 2 is 1.81 bits per heavy atom. The fourth-order valence-electron chi connectivity index (χ4n) is 5.28. The van der Waals surface area contributed by atoms with Crippen LogP contribution in [0.15, 0.2) is 0 Å². The Morgan fingerprint density at radius 3 is 2.41 bits per heavy atom. The summed E-state index contributed by atoms with van der Waals surface area (Å²) in [4.78, 5) is 14.4. The summed E-state index contributed by atoms with van der Waals surface area (Å²) in [5, 5.41) is 10.1. The molecule has 27 heavy (non-hydrogen) atoms. The lowest BCUT2D eigenvalue weighted by Gasteiger charge is -2.43. The Balaban J connectivity index is 1.73. The molecule has 4 nitrogen and oxygen atoms in total. The molecule has 6 heteroatoms. The first kappa shape index (κ1) is 21.4. The Bertz CT molecular complexity index is 528. The van der Waals surface area contributed by atoms with E-state index in [0.717, 1.165) is 64.5 Å². The van der Waals surface area contributed by atoms with Gasteiger partial charge in [-0.15, -0.1) is 23.2 Å². The van der Waals surface area contributed by atoms with Crippen LogP contribution in [0.2, 0.25) is 0 Å². The molecule has 1 N–H and O–H groups in total. The van der Waals surface area contributed by atoms with Crippen LogP contribution in [0.25, 0.3) is 0 Å². The van der Waals surface area contributed by atoms with Crippen LogP contribution in [0, 0.1) is 17.3 Å². The highest BCUT2D eigenvalue weighted by molar-refractivity contribution is 6.30. The van der Waals surface area contributed by atoms with Crippen molar-refractivity contribution in [3.63, 3.8) is 0 Å². The average Bonchev–Trinajstić information content (AvgIpc) is 3.08. The third-order valence-corrected chi connectivity index (χ3v) is 7.84. The number of aliphatic hydroxyl groups excluding tert-OH is 1. The minimum atomic E-state index is -0.471. The lowest BCUT2D eigenvalue weighted by molar-refractivity contribution is 0.0161. The summed E-state index contributed by atoms with van der Waals surface area (Å²) in [5.74, 6) is 1.95. The first-order valence-electron chi connectivity index (χ1n) is 10.4. The summed E-state index contributed by atoms with van der Waals surface area (Å²) < 4.78 is 5.59. The first-order valence-corrected chi connectivity index (χ1v) is 11.3. The predicted molar refractivity (Wildman–Crippen MR) is 109 cm³/mol. The maximum Gasteiger partial charge on any atom is 0.410 e. The lowest BCUT2D eigenvalue weighted by Crippen LogP contribution is -2.46. The summed E-state index contributed by atoms with van der Waals surface area (Å²) in [6, 6.07) is 0. The van der Waals surface area contributed by atoms with E-state index < -0.39 is 5.60 Å². The molecule has 2 unspecified atom stereocenters. The molecule has 0 aromatic heterocycles. The molecule has 3 fully saturated rings. The smallest absolute Gasteiger partial charge is 0.410 e. The second-order valence-corrected chi connectivity index (χ2v) is 10.8. The van der Waals surface area contributed by atoms with Crippen molar-refractivity contribution in [3.8, 4) is 0 Å². The zero-order valence-electron chi connectivity index (χ0n) is 16.8. The number of amides is 1. The Kier molecular flexibility index (Phi) is 6.49. The molecule has 0 bridgehead atoms. The van der Waals surface area contributed by atoms with Crippen molar-refractivity contribution < 1.29 is 14.6 Å². The van der Waals surface area contributed by atoms with E-state index in [2.05, 4.69) is 0 Å². The lowest BCUT2D eigenvalue weighted by atomic mass is 9.55. The Hall–Kier alpha value is -0.320. The van der Waals surface area contributed by atoms with Gasteiger partial charge in [0, 0.05) is 25.4 Å². The van der Waals surface area contributed by atoms with Gasteiger partial charge in [0.25, 0.3) is 0 Å². The van der Waals surface area contributed by atoms with Gasteiger partial charge in [-0.05, 0) is 52.9 Å². The van der Waals surface area contributed by atoms with Gasteiger partial charge in [-0.25, -0.2) is 4.79 Å². The number of alkyl halides is 2. The van der Waals surface area contributed by atoms with Gasteiger partial charge in [-0.3, -0.25) is 0 Å². The highest BCUT2D eigenvalue weighted by atomic mass is 35.5. The van der Waals surface area contributed by atoms with E-state index in [-0.39, 0.29) is 28.4 Å². The van der Waals surface area contributed by atoms with E-state index in [1.165, 1.54) is 5.92 Å². The zero-order chi connectivity index (χ0) is 19.8. The van der Waals surface area contributed by atoms with Crippen LogP contribution >= 0.6 is 23.2 Å². The first-order chi connectivity index (χ1) is 12.6. The van der Waals surface area contributed by atoms with E-state index in [0.29, 0.717) is 5.92 Å². The molecule has 0 spiro atoms. The third kappa shape index (κ3) is 4.82. The van der Waals surface area contributed by atoms with E-state index in [1.54, 1.807) is 0 Å². The van der Waals surface area contributed by atoms with Crippen LogP contribution in [-0.2, 0) is 4.74 Å². The van der Waals surface area contributed by atoms with Crippen LogP contribution < -0.4 is 0 Å². The SMILES string of the molecule is CC(C)(C)OC(=O)N1CC[C@H](C2([C+]3CCC(Cl)C(Cl)C3)CCC(O)CC2)C1. The molecule has 2 aliphatic carbocycles. The Morgan fingerprint density at radius 1 is 1.15 bits per heavy atom. The topological polar surface area (TPSA) is 49.8 Å². The number of halogens is 2. The molecule has 1 saturated heterocycles. The van der Waals surface area contributed by atoms with Gasteiger partial charge in [0.05, 0.1) is 29.2 Å². The van der Waals surface area contributed by atoms with E-state index in [4.69, 9.17) is 27.9 Å². The molecule has 0 aromatic carbocycles. The number of hydrogen-bond donors (Lipinski definition) is 1. The molecule has 0 aromatic rings. The summed E-state index contributed by atoms with van der Waals surface area (Å²) in [5.41, 5.74) is -0.388. The van der Waals surface area contributed by atoms with Gasteiger partial charge in [-0.1, -0.05) is 0 Å². The number of rotatable bonds is 2. The number of aliphatic hydroxyl groups is 1. The second-order valence-electron chi connectivity index (χ2n) is 9.68. The minimum absolute atomic E-state index is 0.0116. The monoisotopic (exact) mass is 418 g/mol. The molecule has 3 atom stereocenters. The van der Waals surface area contributed by atoms with Gasteiger partial charge < -0.3 is 14.7 Å². The van der Waals surface area contributed by atoms with Crippen molar-refractivity contribution in [2.24, 2.45) is 11.3 Å². The summed E-state index contributed by atoms with van der Waals surface area (Å²) in [6.45, 7) is 7.21. The highest BCUT2D eigenvalue weighted by Gasteiger charge is 2.58. The van der Waals surface area contributed by atoms with E-state index in [1.807, 2.05) is 25.7 Å². The minimum Gasteiger partial charge on any atom is -0.444 e. The number of likely N-dealkylation sites (tertiary alicyclic amines) is 1. The Labute approximate surface area is 173 Å². The molecular weight excluding hydrogens is 385 g/mol. The van der Waals surface area contributed by atoms with Crippen molar-refractivity contribution in [2.75, 3.05) is 13.1 Å². The van der Waals surface area contributed by atoms with Crippen LogP contribution in [0.5, 0.6) is 0 Å². The number of nitrogens with zero attached hydrogens (tertiary/aromatic N) is 1. The van der Waals surface area contributed by atoms with Crippen molar-refractivity contribution in [1.29, 1.82) is 0 Å². The number of carbonyl (C=O) groups is 1. The van der Waals surface area contributed by atoms with Gasteiger partial charge in [0.15, 0.2) is 0 Å². The molecule has 3 rings (SSSR count). The number of ether oxygens (including phenoxy) is 1. The third-order valence-electron chi connectivity index (χ3n) is 6.73. The van der Waals surface area contributed by atoms with Crippen LogP contribution in [0.4, 0.5) is 4.79 Å². The van der Waals surface area contributed by atoms with Gasteiger partial charge in [-0.2, -0.15) is 0 Å². The normalized spacial score (nSPS) is 38.1. The molecule has 1 amide bonds. The van der Waals surface area contributed by atoms with Crippen molar-refractivity contribution in [1.82, 2.24) is 4.90 Å². The molecule has 1 heterocycles. The fourth-order valence-corrected chi connectivity index (χ4v) is 5.79. The quantitative estimate of drug-likeness (QED) is 0.498. The van der Waals surface area contributed by atoms with E-state index in [9.17, 15) is 9.90 Å². The summed E-state index contributed by atoms with van der Waals surface area (Å²) in [6.07, 6.45) is 7.07. The van der Waals surface area contributed by atoms with Crippen molar-refractivity contribution in [3.05, 3.63) is 5.92 Å². The van der Waals surface area contributed by atoms with Gasteiger partial charge in [0.2, 0.25) is 0 Å². The van der Waals surface area contributed by atoms with Crippen molar-refractivity contribution in [2.45, 2.75) is 94.6 Å². The molecular formula is C21H34Cl2NO3+. The van der Waals surface area contributed by atoms with Crippen LogP contribution in [0.3, 0.4) is 0 Å². The average molecular weight is 419 g/mol. The van der Waals surface area contributed by atoms with Gasteiger partial charge >= 0.3 is 6.09 Å². The zero-order valence-corrected chi connectivity index (χ0v) is 18.4.